The van der Waals surface area contributed by atoms with Crippen LogP contribution in [0.3, 0.4) is 0 Å². The van der Waals surface area contributed by atoms with Crippen molar-refractivity contribution in [3.63, 3.8) is 0 Å². The van der Waals surface area contributed by atoms with E-state index in [2.05, 4.69) is 5.32 Å². The van der Waals surface area contributed by atoms with Crippen LogP contribution in [0.5, 0.6) is 0 Å². The van der Waals surface area contributed by atoms with Gasteiger partial charge in [0.25, 0.3) is 5.91 Å². The second-order valence-electron chi connectivity index (χ2n) is 6.53. The summed E-state index contributed by atoms with van der Waals surface area (Å²) in [6.07, 6.45) is 0.770. The molecule has 0 aliphatic carbocycles. The average molecular weight is 393 g/mol. The SMILES string of the molecule is C[C@H](OC(=O)Cc1coc2ccc3ccccc3c12)C(=O)NCc1cccs1. The lowest BCUT2D eigenvalue weighted by Crippen LogP contribution is -2.35. The zero-order valence-corrected chi connectivity index (χ0v) is 16.1. The molecule has 2 heterocycles. The van der Waals surface area contributed by atoms with Gasteiger partial charge in [0.1, 0.15) is 5.58 Å². The van der Waals surface area contributed by atoms with Crippen LogP contribution in [-0.4, -0.2) is 18.0 Å². The zero-order chi connectivity index (χ0) is 19.5. The van der Waals surface area contributed by atoms with Crippen LogP contribution in [0.4, 0.5) is 0 Å². The van der Waals surface area contributed by atoms with Gasteiger partial charge < -0.3 is 14.5 Å². The Kier molecular flexibility index (Phi) is 5.12. The summed E-state index contributed by atoms with van der Waals surface area (Å²) in [4.78, 5) is 25.6. The van der Waals surface area contributed by atoms with Gasteiger partial charge in [-0.3, -0.25) is 9.59 Å². The molecule has 6 heteroatoms. The highest BCUT2D eigenvalue weighted by molar-refractivity contribution is 7.09. The van der Waals surface area contributed by atoms with Gasteiger partial charge in [0.2, 0.25) is 0 Å². The molecular formula is C22H19NO4S. The van der Waals surface area contributed by atoms with Gasteiger partial charge in [-0.25, -0.2) is 0 Å². The monoisotopic (exact) mass is 393 g/mol. The smallest absolute Gasteiger partial charge is 0.311 e. The third-order valence-corrected chi connectivity index (χ3v) is 5.45. The van der Waals surface area contributed by atoms with E-state index >= 15 is 0 Å². The first-order valence-corrected chi connectivity index (χ1v) is 9.87. The van der Waals surface area contributed by atoms with Gasteiger partial charge in [0.05, 0.1) is 19.2 Å². The normalized spacial score (nSPS) is 12.2. The van der Waals surface area contributed by atoms with E-state index in [0.717, 1.165) is 32.2 Å². The Bertz CT molecular complexity index is 1130. The van der Waals surface area contributed by atoms with Crippen molar-refractivity contribution in [3.8, 4) is 0 Å². The van der Waals surface area contributed by atoms with E-state index < -0.39 is 12.1 Å². The summed E-state index contributed by atoms with van der Waals surface area (Å²) in [5, 5.41) is 7.74. The Balaban J connectivity index is 1.43. The highest BCUT2D eigenvalue weighted by Crippen LogP contribution is 2.30. The van der Waals surface area contributed by atoms with Gasteiger partial charge in [-0.05, 0) is 35.2 Å². The number of furan rings is 1. The Morgan fingerprint density at radius 3 is 2.82 bits per heavy atom. The number of carbonyl (C=O) groups is 2. The molecule has 4 rings (SSSR count). The molecule has 4 aromatic rings. The average Bonchev–Trinajstić information content (AvgIpc) is 3.36. The molecule has 5 nitrogen and oxygen atoms in total. The van der Waals surface area contributed by atoms with E-state index in [1.165, 1.54) is 0 Å². The lowest BCUT2D eigenvalue weighted by atomic mass is 10.0. The standard InChI is InChI=1S/C22H19NO4S/c1-14(22(25)23-12-17-6-4-10-28-17)27-20(24)11-16-13-26-19-9-8-15-5-2-3-7-18(15)21(16)19/h2-10,13-14H,11-12H2,1H3,(H,23,25)/t14-/m0/s1. The maximum absolute atomic E-state index is 12.4. The third-order valence-electron chi connectivity index (χ3n) is 4.57. The number of nitrogens with one attached hydrogen (secondary N) is 1. The predicted molar refractivity (Wildman–Crippen MR) is 109 cm³/mol. The molecule has 142 valence electrons. The number of fused-ring (bicyclic) bond motifs is 3. The molecule has 0 spiro atoms. The molecule has 0 aliphatic rings. The molecule has 1 N–H and O–H groups in total. The summed E-state index contributed by atoms with van der Waals surface area (Å²) >= 11 is 1.56. The van der Waals surface area contributed by atoms with E-state index in [-0.39, 0.29) is 12.3 Å². The highest BCUT2D eigenvalue weighted by Gasteiger charge is 2.20. The fourth-order valence-electron chi connectivity index (χ4n) is 3.18. The Morgan fingerprint density at radius 1 is 1.14 bits per heavy atom. The number of benzene rings is 2. The van der Waals surface area contributed by atoms with Gasteiger partial charge in [0, 0.05) is 15.8 Å². The summed E-state index contributed by atoms with van der Waals surface area (Å²) < 4.78 is 10.9. The summed E-state index contributed by atoms with van der Waals surface area (Å²) in [7, 11) is 0. The molecule has 2 aromatic carbocycles. The number of rotatable bonds is 6. The first-order chi connectivity index (χ1) is 13.6. The quantitative estimate of drug-likeness (QED) is 0.492. The maximum Gasteiger partial charge on any atom is 0.311 e. The maximum atomic E-state index is 12.4. The molecule has 0 fully saturated rings. The molecule has 28 heavy (non-hydrogen) atoms. The van der Waals surface area contributed by atoms with Crippen molar-refractivity contribution in [3.05, 3.63) is 70.6 Å². The van der Waals surface area contributed by atoms with E-state index in [4.69, 9.17) is 9.15 Å². The summed E-state index contributed by atoms with van der Waals surface area (Å²) in [6, 6.07) is 15.7. The van der Waals surface area contributed by atoms with E-state index in [0.29, 0.717) is 6.54 Å². The molecule has 1 amide bonds. The molecular weight excluding hydrogens is 374 g/mol. The third kappa shape index (κ3) is 3.77. The van der Waals surface area contributed by atoms with Crippen molar-refractivity contribution in [2.75, 3.05) is 0 Å². The van der Waals surface area contributed by atoms with Crippen LogP contribution in [0.2, 0.25) is 0 Å². The van der Waals surface area contributed by atoms with E-state index in [9.17, 15) is 9.59 Å². The molecule has 0 saturated carbocycles. The minimum atomic E-state index is -0.859. The Morgan fingerprint density at radius 2 is 2.00 bits per heavy atom. The summed E-state index contributed by atoms with van der Waals surface area (Å²) in [5.74, 6) is -0.779. The second-order valence-corrected chi connectivity index (χ2v) is 7.56. The predicted octanol–water partition coefficient (Wildman–Crippen LogP) is 4.44. The fourth-order valence-corrected chi connectivity index (χ4v) is 3.83. The number of thiophene rings is 1. The minimum Gasteiger partial charge on any atom is -0.464 e. The lowest BCUT2D eigenvalue weighted by molar-refractivity contribution is -0.154. The van der Waals surface area contributed by atoms with Gasteiger partial charge >= 0.3 is 5.97 Å². The van der Waals surface area contributed by atoms with E-state index in [1.54, 1.807) is 24.5 Å². The topological polar surface area (TPSA) is 68.5 Å². The first kappa shape index (κ1) is 18.3. The summed E-state index contributed by atoms with van der Waals surface area (Å²) in [6.45, 7) is 2.00. The van der Waals surface area contributed by atoms with Gasteiger partial charge in [-0.1, -0.05) is 36.4 Å². The lowest BCUT2D eigenvalue weighted by Gasteiger charge is -2.13. The van der Waals surface area contributed by atoms with Crippen molar-refractivity contribution >= 4 is 45.0 Å². The molecule has 2 aromatic heterocycles. The van der Waals surface area contributed by atoms with Gasteiger partial charge in [-0.15, -0.1) is 11.3 Å². The zero-order valence-electron chi connectivity index (χ0n) is 15.3. The number of hydrogen-bond donors (Lipinski definition) is 1. The van der Waals surface area contributed by atoms with Crippen molar-refractivity contribution in [1.82, 2.24) is 5.32 Å². The summed E-state index contributed by atoms with van der Waals surface area (Å²) in [5.41, 5.74) is 1.48. The first-order valence-electron chi connectivity index (χ1n) is 8.99. The molecule has 0 saturated heterocycles. The molecule has 0 bridgehead atoms. The van der Waals surface area contributed by atoms with Gasteiger partial charge in [-0.2, -0.15) is 0 Å². The number of ether oxygens (including phenoxy) is 1. The van der Waals surface area contributed by atoms with Crippen LogP contribution in [0.1, 0.15) is 17.4 Å². The fraction of sp³-hybridized carbons (Fsp3) is 0.182. The van der Waals surface area contributed by atoms with Crippen LogP contribution < -0.4 is 5.32 Å². The molecule has 1 atom stereocenters. The van der Waals surface area contributed by atoms with Crippen LogP contribution >= 0.6 is 11.3 Å². The van der Waals surface area contributed by atoms with Crippen molar-refractivity contribution in [2.45, 2.75) is 26.0 Å². The minimum absolute atomic E-state index is 0.0452. The molecule has 0 aliphatic heterocycles. The molecule has 0 radical (unpaired) electrons. The van der Waals surface area contributed by atoms with Crippen LogP contribution in [0, 0.1) is 0 Å². The number of carbonyl (C=O) groups excluding carboxylic acids is 2. The van der Waals surface area contributed by atoms with Crippen LogP contribution in [0.25, 0.3) is 21.7 Å². The second kappa shape index (κ2) is 7.86. The number of esters is 1. The van der Waals surface area contributed by atoms with Gasteiger partial charge in [0.15, 0.2) is 6.10 Å². The van der Waals surface area contributed by atoms with E-state index in [1.807, 2.05) is 53.9 Å². The number of amides is 1. The Labute approximate surface area is 165 Å². The molecule has 0 unspecified atom stereocenters. The Hall–Kier alpha value is -3.12. The van der Waals surface area contributed by atoms with Crippen molar-refractivity contribution < 1.29 is 18.7 Å². The largest absolute Gasteiger partial charge is 0.464 e. The van der Waals surface area contributed by atoms with Crippen LogP contribution in [-0.2, 0) is 27.3 Å². The number of hydrogen-bond acceptors (Lipinski definition) is 5. The van der Waals surface area contributed by atoms with Crippen LogP contribution in [0.15, 0.2) is 64.6 Å². The van der Waals surface area contributed by atoms with Crippen molar-refractivity contribution in [2.24, 2.45) is 0 Å². The highest BCUT2D eigenvalue weighted by atomic mass is 32.1. The van der Waals surface area contributed by atoms with Crippen molar-refractivity contribution in [1.29, 1.82) is 0 Å².